The van der Waals surface area contributed by atoms with Crippen molar-refractivity contribution in [2.45, 2.75) is 11.4 Å². The summed E-state index contributed by atoms with van der Waals surface area (Å²) in [5.74, 6) is -1.70. The number of anilines is 1. The van der Waals surface area contributed by atoms with Crippen molar-refractivity contribution in [2.24, 2.45) is 0 Å². The molecule has 3 aromatic rings. The van der Waals surface area contributed by atoms with Gasteiger partial charge >= 0.3 is 0 Å². The maximum atomic E-state index is 14.4. The number of sulfonamides is 1. The van der Waals surface area contributed by atoms with Crippen LogP contribution in [0.4, 0.5) is 9.52 Å². The van der Waals surface area contributed by atoms with E-state index >= 15 is 0 Å². The van der Waals surface area contributed by atoms with Crippen LogP contribution >= 0.6 is 46.1 Å². The van der Waals surface area contributed by atoms with E-state index in [1.807, 2.05) is 0 Å². The summed E-state index contributed by atoms with van der Waals surface area (Å²) in [5, 5.41) is 3.28. The number of benzene rings is 2. The van der Waals surface area contributed by atoms with Gasteiger partial charge in [0.25, 0.3) is 15.9 Å². The lowest BCUT2D eigenvalue weighted by molar-refractivity contribution is 0.0946. The smallest absolute Gasteiger partial charge is 0.263 e. The second kappa shape index (κ2) is 8.85. The van der Waals surface area contributed by atoms with Crippen molar-refractivity contribution in [1.82, 2.24) is 10.3 Å². The number of halogens is 4. The van der Waals surface area contributed by atoms with Crippen molar-refractivity contribution in [3.8, 4) is 0 Å². The van der Waals surface area contributed by atoms with Gasteiger partial charge in [-0.05, 0) is 35.9 Å². The van der Waals surface area contributed by atoms with Crippen LogP contribution in [-0.4, -0.2) is 19.3 Å². The average molecular weight is 495 g/mol. The molecule has 0 aliphatic rings. The van der Waals surface area contributed by atoms with Gasteiger partial charge in [-0.3, -0.25) is 9.52 Å². The van der Waals surface area contributed by atoms with Crippen LogP contribution in [0, 0.1) is 5.82 Å². The monoisotopic (exact) mass is 493 g/mol. The van der Waals surface area contributed by atoms with E-state index < -0.39 is 21.7 Å². The second-order valence-corrected chi connectivity index (χ2v) is 9.81. The Balaban J connectivity index is 1.72. The normalized spacial score (nSPS) is 11.3. The molecular formula is C17H11Cl3FN3O3S2. The Morgan fingerprint density at radius 1 is 1.10 bits per heavy atom. The Morgan fingerprint density at radius 2 is 1.86 bits per heavy atom. The van der Waals surface area contributed by atoms with Gasteiger partial charge in [-0.15, -0.1) is 0 Å². The minimum atomic E-state index is -4.09. The number of carbonyl (C=O) groups is 1. The number of nitrogens with one attached hydrogen (secondary N) is 2. The molecule has 6 nitrogen and oxygen atoms in total. The van der Waals surface area contributed by atoms with Crippen molar-refractivity contribution in [2.75, 3.05) is 4.72 Å². The SMILES string of the molecule is O=C(NCc1ccc(Cl)c(Cl)c1)c1ccc(S(=O)(=O)Nc2ncc(Cl)s2)cc1F. The van der Waals surface area contributed by atoms with Gasteiger partial charge in [0.1, 0.15) is 10.2 Å². The van der Waals surface area contributed by atoms with Gasteiger partial charge in [0, 0.05) is 6.54 Å². The van der Waals surface area contributed by atoms with Gasteiger partial charge in [-0.1, -0.05) is 52.2 Å². The number of amides is 1. The first-order chi connectivity index (χ1) is 13.7. The number of hydrogen-bond acceptors (Lipinski definition) is 5. The van der Waals surface area contributed by atoms with Crippen LogP contribution in [0.15, 0.2) is 47.5 Å². The molecule has 2 N–H and O–H groups in total. The molecule has 3 rings (SSSR count). The highest BCUT2D eigenvalue weighted by Gasteiger charge is 2.20. The molecule has 1 aromatic heterocycles. The Hall–Kier alpha value is -1.91. The van der Waals surface area contributed by atoms with E-state index in [0.29, 0.717) is 19.9 Å². The van der Waals surface area contributed by atoms with Crippen LogP contribution in [0.5, 0.6) is 0 Å². The van der Waals surface area contributed by atoms with Crippen LogP contribution < -0.4 is 10.0 Å². The lowest BCUT2D eigenvalue weighted by Crippen LogP contribution is -2.24. The Kier molecular flexibility index (Phi) is 6.65. The molecule has 0 aliphatic carbocycles. The first kappa shape index (κ1) is 21.8. The summed E-state index contributed by atoms with van der Waals surface area (Å²) in [6, 6.07) is 7.78. The standard InChI is InChI=1S/C17H11Cl3FN3O3S2/c18-12-4-1-9(5-13(12)19)7-22-16(25)11-3-2-10(6-14(11)21)29(26,27)24-17-23-8-15(20)28-17/h1-6,8H,7H2,(H,22,25)(H,23,24). The molecule has 0 unspecified atom stereocenters. The van der Waals surface area contributed by atoms with Crippen molar-refractivity contribution in [1.29, 1.82) is 0 Å². The Morgan fingerprint density at radius 3 is 2.48 bits per heavy atom. The third-order valence-corrected chi connectivity index (χ3v) is 6.87. The highest BCUT2D eigenvalue weighted by molar-refractivity contribution is 7.93. The van der Waals surface area contributed by atoms with E-state index in [1.54, 1.807) is 18.2 Å². The highest BCUT2D eigenvalue weighted by Crippen LogP contribution is 2.26. The first-order valence-corrected chi connectivity index (χ1v) is 11.2. The fraction of sp³-hybridized carbons (Fsp3) is 0.0588. The van der Waals surface area contributed by atoms with Crippen molar-refractivity contribution >= 4 is 67.2 Å². The summed E-state index contributed by atoms with van der Waals surface area (Å²) in [5.41, 5.74) is 0.361. The summed E-state index contributed by atoms with van der Waals surface area (Å²) >= 11 is 18.4. The van der Waals surface area contributed by atoms with Crippen LogP contribution in [0.3, 0.4) is 0 Å². The highest BCUT2D eigenvalue weighted by atomic mass is 35.5. The lowest BCUT2D eigenvalue weighted by atomic mass is 10.2. The molecule has 1 amide bonds. The largest absolute Gasteiger partial charge is 0.348 e. The van der Waals surface area contributed by atoms with Gasteiger partial charge in [0.2, 0.25) is 0 Å². The fourth-order valence-corrected chi connectivity index (χ4v) is 4.64. The van der Waals surface area contributed by atoms with E-state index in [0.717, 1.165) is 29.5 Å². The van der Waals surface area contributed by atoms with Crippen LogP contribution in [0.25, 0.3) is 0 Å². The van der Waals surface area contributed by atoms with E-state index in [2.05, 4.69) is 15.0 Å². The minimum Gasteiger partial charge on any atom is -0.348 e. The van der Waals surface area contributed by atoms with Crippen molar-refractivity contribution < 1.29 is 17.6 Å². The third kappa shape index (κ3) is 5.37. The molecule has 0 bridgehead atoms. The Labute approximate surface area is 184 Å². The number of rotatable bonds is 6. The molecule has 1 heterocycles. The van der Waals surface area contributed by atoms with Gasteiger partial charge in [0.15, 0.2) is 5.13 Å². The predicted molar refractivity (Wildman–Crippen MR) is 112 cm³/mol. The summed E-state index contributed by atoms with van der Waals surface area (Å²) in [6.07, 6.45) is 1.28. The number of nitrogens with zero attached hydrogens (tertiary/aromatic N) is 1. The number of aromatic nitrogens is 1. The van der Waals surface area contributed by atoms with Gasteiger partial charge in [-0.25, -0.2) is 17.8 Å². The third-order valence-electron chi connectivity index (χ3n) is 3.63. The van der Waals surface area contributed by atoms with E-state index in [4.69, 9.17) is 34.8 Å². The summed E-state index contributed by atoms with van der Waals surface area (Å²) in [4.78, 5) is 15.7. The molecule has 0 atom stereocenters. The van der Waals surface area contributed by atoms with Crippen LogP contribution in [0.2, 0.25) is 14.4 Å². The topological polar surface area (TPSA) is 88.2 Å². The molecular weight excluding hydrogens is 484 g/mol. The minimum absolute atomic E-state index is 0.0406. The number of thiazole rings is 1. The fourth-order valence-electron chi connectivity index (χ4n) is 2.25. The molecule has 0 radical (unpaired) electrons. The molecule has 12 heteroatoms. The lowest BCUT2D eigenvalue weighted by Gasteiger charge is -2.09. The first-order valence-electron chi connectivity index (χ1n) is 7.81. The number of carbonyl (C=O) groups excluding carboxylic acids is 1. The second-order valence-electron chi connectivity index (χ2n) is 5.65. The molecule has 2 aromatic carbocycles. The maximum absolute atomic E-state index is 14.4. The molecule has 0 saturated heterocycles. The van der Waals surface area contributed by atoms with E-state index in [-0.39, 0.29) is 22.1 Å². The quantitative estimate of drug-likeness (QED) is 0.506. The zero-order valence-electron chi connectivity index (χ0n) is 14.2. The summed E-state index contributed by atoms with van der Waals surface area (Å²) in [6.45, 7) is 0.0849. The van der Waals surface area contributed by atoms with Crippen LogP contribution in [0.1, 0.15) is 15.9 Å². The van der Waals surface area contributed by atoms with Crippen LogP contribution in [-0.2, 0) is 16.6 Å². The summed E-state index contributed by atoms with van der Waals surface area (Å²) in [7, 11) is -4.09. The maximum Gasteiger partial charge on any atom is 0.263 e. The summed E-state index contributed by atoms with van der Waals surface area (Å²) < 4.78 is 41.6. The molecule has 0 fully saturated rings. The van der Waals surface area contributed by atoms with Crippen molar-refractivity contribution in [3.05, 3.63) is 73.9 Å². The van der Waals surface area contributed by atoms with E-state index in [1.165, 1.54) is 6.20 Å². The number of hydrogen-bond donors (Lipinski definition) is 2. The molecule has 0 saturated carbocycles. The van der Waals surface area contributed by atoms with Gasteiger partial charge < -0.3 is 5.32 Å². The zero-order valence-corrected chi connectivity index (χ0v) is 18.1. The molecule has 0 aliphatic heterocycles. The Bertz CT molecular complexity index is 1190. The zero-order chi connectivity index (χ0) is 21.2. The molecule has 152 valence electrons. The van der Waals surface area contributed by atoms with Crippen molar-refractivity contribution in [3.63, 3.8) is 0 Å². The van der Waals surface area contributed by atoms with Gasteiger partial charge in [0.05, 0.1) is 26.7 Å². The predicted octanol–water partition coefficient (Wildman–Crippen LogP) is 4.97. The average Bonchev–Trinajstić information content (AvgIpc) is 3.06. The molecule has 0 spiro atoms. The molecule has 29 heavy (non-hydrogen) atoms. The van der Waals surface area contributed by atoms with Gasteiger partial charge in [-0.2, -0.15) is 0 Å². The van der Waals surface area contributed by atoms with E-state index in [9.17, 15) is 17.6 Å².